The summed E-state index contributed by atoms with van der Waals surface area (Å²) in [6.07, 6.45) is 2.43. The second kappa shape index (κ2) is 7.90. The van der Waals surface area contributed by atoms with Crippen LogP contribution in [0.4, 0.5) is 5.13 Å². The Morgan fingerprint density at radius 1 is 1.42 bits per heavy atom. The average Bonchev–Trinajstić information content (AvgIpc) is 3.11. The largest absolute Gasteiger partial charge is 0.301 e. The number of carbonyl (C=O) groups is 1. The molecule has 0 spiro atoms. The number of rotatable bonds is 7. The number of hydrogen-bond donors (Lipinski definition) is 1. The molecule has 1 atom stereocenters. The molecule has 0 aromatic carbocycles. The van der Waals surface area contributed by atoms with E-state index in [-0.39, 0.29) is 11.9 Å². The predicted molar refractivity (Wildman–Crippen MR) is 98.4 cm³/mol. The lowest BCUT2D eigenvalue weighted by Crippen LogP contribution is -2.41. The zero-order valence-corrected chi connectivity index (χ0v) is 16.1. The first-order valence-corrected chi connectivity index (χ1v) is 9.18. The zero-order valence-electron chi connectivity index (χ0n) is 15.3. The molecule has 0 unspecified atom stereocenters. The first kappa shape index (κ1) is 18.6. The Morgan fingerprint density at radius 2 is 2.12 bits per heavy atom. The van der Waals surface area contributed by atoms with Gasteiger partial charge in [-0.05, 0) is 41.2 Å². The number of aryl methyl sites for hydroxylation is 1. The van der Waals surface area contributed by atoms with Crippen LogP contribution in [0.15, 0.2) is 11.6 Å². The highest BCUT2D eigenvalue weighted by Crippen LogP contribution is 2.20. The molecule has 2 aromatic heterocycles. The van der Waals surface area contributed by atoms with Gasteiger partial charge in [-0.1, -0.05) is 6.92 Å². The Labute approximate surface area is 147 Å². The third-order valence-electron chi connectivity index (χ3n) is 4.26. The minimum Gasteiger partial charge on any atom is -0.301 e. The summed E-state index contributed by atoms with van der Waals surface area (Å²) < 4.78 is 2.05. The zero-order chi connectivity index (χ0) is 17.9. The Morgan fingerprint density at radius 3 is 2.62 bits per heavy atom. The number of anilines is 1. The van der Waals surface area contributed by atoms with Crippen LogP contribution in [0.2, 0.25) is 0 Å². The fourth-order valence-electron chi connectivity index (χ4n) is 2.96. The van der Waals surface area contributed by atoms with Crippen molar-refractivity contribution in [2.75, 3.05) is 12.4 Å². The molecule has 132 valence electrons. The van der Waals surface area contributed by atoms with Crippen molar-refractivity contribution >= 4 is 22.4 Å². The molecule has 6 nitrogen and oxygen atoms in total. The normalized spacial score (nSPS) is 12.8. The topological polar surface area (TPSA) is 63.1 Å². The quantitative estimate of drug-likeness (QED) is 0.832. The molecule has 2 rings (SSSR count). The van der Waals surface area contributed by atoms with Crippen molar-refractivity contribution in [1.29, 1.82) is 0 Å². The summed E-state index contributed by atoms with van der Waals surface area (Å²) in [7, 11) is 1.99. The number of likely N-dealkylation sites (N-methyl/N-ethyl adjacent to an activating group) is 1. The van der Waals surface area contributed by atoms with Crippen molar-refractivity contribution in [3.8, 4) is 0 Å². The first-order valence-electron chi connectivity index (χ1n) is 8.30. The first-order chi connectivity index (χ1) is 11.3. The average molecular weight is 350 g/mol. The number of amides is 1. The molecule has 0 radical (unpaired) electrons. The van der Waals surface area contributed by atoms with Crippen LogP contribution < -0.4 is 5.32 Å². The fraction of sp³-hybridized carbons (Fsp3) is 0.588. The number of nitrogens with one attached hydrogen (secondary N) is 1. The molecule has 0 aliphatic heterocycles. The summed E-state index contributed by atoms with van der Waals surface area (Å²) in [6.45, 7) is 11.1. The van der Waals surface area contributed by atoms with E-state index in [2.05, 4.69) is 45.8 Å². The van der Waals surface area contributed by atoms with E-state index in [0.29, 0.717) is 17.7 Å². The van der Waals surface area contributed by atoms with Crippen molar-refractivity contribution in [3.63, 3.8) is 0 Å². The van der Waals surface area contributed by atoms with Crippen LogP contribution in [0, 0.1) is 13.8 Å². The molecule has 0 bridgehead atoms. The van der Waals surface area contributed by atoms with E-state index >= 15 is 0 Å². The molecule has 2 heterocycles. The van der Waals surface area contributed by atoms with Gasteiger partial charge in [0.2, 0.25) is 5.91 Å². The van der Waals surface area contributed by atoms with E-state index < -0.39 is 0 Å². The van der Waals surface area contributed by atoms with Crippen LogP contribution in [-0.2, 0) is 11.3 Å². The van der Waals surface area contributed by atoms with E-state index in [1.165, 1.54) is 22.6 Å². The van der Waals surface area contributed by atoms with Gasteiger partial charge in [-0.3, -0.25) is 14.4 Å². The fourth-order valence-corrected chi connectivity index (χ4v) is 3.49. The second-order valence-electron chi connectivity index (χ2n) is 6.35. The maximum atomic E-state index is 12.5. The molecule has 1 N–H and O–H groups in total. The Kier molecular flexibility index (Phi) is 6.12. The molecule has 24 heavy (non-hydrogen) atoms. The molecule has 0 saturated heterocycles. The minimum atomic E-state index is -0.199. The Hall–Kier alpha value is -1.73. The third kappa shape index (κ3) is 4.02. The van der Waals surface area contributed by atoms with Gasteiger partial charge in [0.25, 0.3) is 0 Å². The molecule has 7 heteroatoms. The van der Waals surface area contributed by atoms with Gasteiger partial charge in [-0.25, -0.2) is 4.98 Å². The lowest BCUT2D eigenvalue weighted by Gasteiger charge is -2.26. The Balaban J connectivity index is 2.12. The third-order valence-corrected chi connectivity index (χ3v) is 4.94. The SMILES string of the molecule is CC[C@@H](C(=O)Nc1nccs1)N(C)Cc1c(C)nn(C(C)C)c1C. The van der Waals surface area contributed by atoms with Crippen molar-refractivity contribution in [2.45, 2.75) is 59.7 Å². The lowest BCUT2D eigenvalue weighted by molar-refractivity contribution is -0.121. The molecule has 0 saturated carbocycles. The van der Waals surface area contributed by atoms with Gasteiger partial charge in [0.15, 0.2) is 5.13 Å². The van der Waals surface area contributed by atoms with E-state index in [9.17, 15) is 4.79 Å². The summed E-state index contributed by atoms with van der Waals surface area (Å²) in [5, 5.41) is 10.0. The monoisotopic (exact) mass is 349 g/mol. The number of aromatic nitrogens is 3. The van der Waals surface area contributed by atoms with Crippen LogP contribution in [0.1, 0.15) is 50.2 Å². The molecule has 1 amide bonds. The highest BCUT2D eigenvalue weighted by molar-refractivity contribution is 7.13. The van der Waals surface area contributed by atoms with Gasteiger partial charge >= 0.3 is 0 Å². The van der Waals surface area contributed by atoms with E-state index in [0.717, 1.165) is 12.1 Å². The molecule has 0 aliphatic carbocycles. The highest BCUT2D eigenvalue weighted by Gasteiger charge is 2.24. The van der Waals surface area contributed by atoms with Gasteiger partial charge in [-0.15, -0.1) is 11.3 Å². The van der Waals surface area contributed by atoms with Crippen LogP contribution >= 0.6 is 11.3 Å². The summed E-state index contributed by atoms with van der Waals surface area (Å²) >= 11 is 1.43. The summed E-state index contributed by atoms with van der Waals surface area (Å²) in [5.74, 6) is -0.0125. The van der Waals surface area contributed by atoms with Crippen LogP contribution in [-0.4, -0.2) is 38.7 Å². The van der Waals surface area contributed by atoms with Gasteiger partial charge < -0.3 is 5.32 Å². The lowest BCUT2D eigenvalue weighted by atomic mass is 10.1. The number of nitrogens with zero attached hydrogens (tertiary/aromatic N) is 4. The number of thiazole rings is 1. The van der Waals surface area contributed by atoms with Crippen molar-refractivity contribution < 1.29 is 4.79 Å². The highest BCUT2D eigenvalue weighted by atomic mass is 32.1. The summed E-state index contributed by atoms with van der Waals surface area (Å²) in [5.41, 5.74) is 3.40. The minimum absolute atomic E-state index is 0.0125. The molecule has 0 fully saturated rings. The number of carbonyl (C=O) groups excluding carboxylic acids is 1. The maximum Gasteiger partial charge on any atom is 0.243 e. The second-order valence-corrected chi connectivity index (χ2v) is 7.25. The van der Waals surface area contributed by atoms with E-state index in [4.69, 9.17) is 0 Å². The van der Waals surface area contributed by atoms with Crippen LogP contribution in [0.5, 0.6) is 0 Å². The molecule has 0 aliphatic rings. The maximum absolute atomic E-state index is 12.5. The standard InChI is InChI=1S/C17H27N5OS/c1-7-15(16(23)19-17-18-8-9-24-17)21(6)10-14-12(4)20-22(11(2)3)13(14)5/h8-9,11,15H,7,10H2,1-6H3,(H,18,19,23)/t15-/m0/s1. The van der Waals surface area contributed by atoms with Gasteiger partial charge in [0, 0.05) is 35.4 Å². The predicted octanol–water partition coefficient (Wildman–Crippen LogP) is 3.39. The number of hydrogen-bond acceptors (Lipinski definition) is 5. The Bertz CT molecular complexity index is 677. The summed E-state index contributed by atoms with van der Waals surface area (Å²) in [4.78, 5) is 18.8. The van der Waals surface area contributed by atoms with Crippen molar-refractivity contribution in [2.24, 2.45) is 0 Å². The molecule has 2 aromatic rings. The van der Waals surface area contributed by atoms with Crippen LogP contribution in [0.25, 0.3) is 0 Å². The molecular weight excluding hydrogens is 322 g/mol. The van der Waals surface area contributed by atoms with Crippen LogP contribution in [0.3, 0.4) is 0 Å². The van der Waals surface area contributed by atoms with Gasteiger partial charge in [0.05, 0.1) is 11.7 Å². The molecular formula is C17H27N5OS. The van der Waals surface area contributed by atoms with Crippen molar-refractivity contribution in [3.05, 3.63) is 28.5 Å². The van der Waals surface area contributed by atoms with Crippen molar-refractivity contribution in [1.82, 2.24) is 19.7 Å². The smallest absolute Gasteiger partial charge is 0.243 e. The van der Waals surface area contributed by atoms with E-state index in [1.807, 2.05) is 26.3 Å². The summed E-state index contributed by atoms with van der Waals surface area (Å²) in [6, 6.07) is 0.132. The van der Waals surface area contributed by atoms with Gasteiger partial charge in [-0.2, -0.15) is 5.10 Å². The van der Waals surface area contributed by atoms with Gasteiger partial charge in [0.1, 0.15) is 0 Å². The van der Waals surface area contributed by atoms with E-state index in [1.54, 1.807) is 6.20 Å².